The van der Waals surface area contributed by atoms with E-state index in [2.05, 4.69) is 0 Å². The second-order valence-electron chi connectivity index (χ2n) is 7.44. The molecule has 0 aliphatic heterocycles. The molecule has 0 fully saturated rings. The van der Waals surface area contributed by atoms with Crippen LogP contribution in [0.15, 0.2) is 54.6 Å². The van der Waals surface area contributed by atoms with Crippen LogP contribution in [0.5, 0.6) is 28.7 Å². The molecule has 0 bridgehead atoms. The Morgan fingerprint density at radius 2 is 1.18 bits per heavy atom. The normalized spacial score (nSPS) is 10.4. The van der Waals surface area contributed by atoms with Gasteiger partial charge in [0.05, 0.1) is 35.5 Å². The number of carbonyl (C=O) groups is 2. The zero-order chi connectivity index (χ0) is 24.7. The molecular weight excluding hydrogens is 436 g/mol. The SMILES string of the molecule is COc1ccc(CCc2cc(OC)c(OC)cc2C(=O)C(=O)c2ccc(OC)c(OC)c2)cc1. The van der Waals surface area contributed by atoms with Crippen molar-refractivity contribution >= 4 is 11.6 Å². The van der Waals surface area contributed by atoms with Gasteiger partial charge in [0.1, 0.15) is 5.75 Å². The molecule has 0 spiro atoms. The molecule has 0 aliphatic carbocycles. The molecule has 3 rings (SSSR count). The molecule has 0 saturated heterocycles. The third kappa shape index (κ3) is 5.31. The lowest BCUT2D eigenvalue weighted by Crippen LogP contribution is -2.17. The Kier molecular flexibility index (Phi) is 8.14. The van der Waals surface area contributed by atoms with E-state index in [4.69, 9.17) is 23.7 Å². The molecule has 3 aromatic rings. The van der Waals surface area contributed by atoms with Gasteiger partial charge in [-0.1, -0.05) is 12.1 Å². The smallest absolute Gasteiger partial charge is 0.233 e. The summed E-state index contributed by atoms with van der Waals surface area (Å²) in [5, 5.41) is 0. The first-order valence-electron chi connectivity index (χ1n) is 10.6. The molecule has 0 N–H and O–H groups in total. The molecular formula is C27H28O7. The Labute approximate surface area is 199 Å². The van der Waals surface area contributed by atoms with Crippen LogP contribution in [0.1, 0.15) is 31.8 Å². The first-order chi connectivity index (χ1) is 16.4. The topological polar surface area (TPSA) is 80.3 Å². The average molecular weight is 465 g/mol. The van der Waals surface area contributed by atoms with E-state index >= 15 is 0 Å². The maximum absolute atomic E-state index is 13.3. The number of hydrogen-bond donors (Lipinski definition) is 0. The summed E-state index contributed by atoms with van der Waals surface area (Å²) in [4.78, 5) is 26.5. The van der Waals surface area contributed by atoms with Crippen LogP contribution in [-0.2, 0) is 12.8 Å². The highest BCUT2D eigenvalue weighted by molar-refractivity contribution is 6.49. The van der Waals surface area contributed by atoms with Gasteiger partial charge in [0.2, 0.25) is 11.6 Å². The predicted molar refractivity (Wildman–Crippen MR) is 128 cm³/mol. The quantitative estimate of drug-likeness (QED) is 0.304. The molecule has 0 saturated carbocycles. The van der Waals surface area contributed by atoms with Gasteiger partial charge < -0.3 is 23.7 Å². The molecule has 34 heavy (non-hydrogen) atoms. The molecule has 0 heterocycles. The minimum absolute atomic E-state index is 0.207. The van der Waals surface area contributed by atoms with Crippen LogP contribution in [0.4, 0.5) is 0 Å². The van der Waals surface area contributed by atoms with Gasteiger partial charge in [-0.2, -0.15) is 0 Å². The summed E-state index contributed by atoms with van der Waals surface area (Å²) in [5.74, 6) is 1.18. The van der Waals surface area contributed by atoms with Crippen LogP contribution < -0.4 is 23.7 Å². The number of ether oxygens (including phenoxy) is 5. The van der Waals surface area contributed by atoms with E-state index in [0.29, 0.717) is 41.4 Å². The van der Waals surface area contributed by atoms with Gasteiger partial charge in [-0.25, -0.2) is 0 Å². The number of ketones is 2. The van der Waals surface area contributed by atoms with Crippen LogP contribution in [0, 0.1) is 0 Å². The summed E-state index contributed by atoms with van der Waals surface area (Å²) < 4.78 is 26.5. The van der Waals surface area contributed by atoms with Crippen molar-refractivity contribution in [3.63, 3.8) is 0 Å². The monoisotopic (exact) mass is 464 g/mol. The lowest BCUT2D eigenvalue weighted by Gasteiger charge is -2.15. The number of methoxy groups -OCH3 is 5. The lowest BCUT2D eigenvalue weighted by atomic mass is 9.93. The van der Waals surface area contributed by atoms with E-state index in [1.54, 1.807) is 31.4 Å². The van der Waals surface area contributed by atoms with Crippen molar-refractivity contribution in [2.24, 2.45) is 0 Å². The number of aryl methyl sites for hydroxylation is 2. The van der Waals surface area contributed by atoms with Gasteiger partial charge in [-0.15, -0.1) is 0 Å². The van der Waals surface area contributed by atoms with Gasteiger partial charge in [-0.05, 0) is 66.4 Å². The fourth-order valence-corrected chi connectivity index (χ4v) is 3.64. The molecule has 178 valence electrons. The molecule has 7 nitrogen and oxygen atoms in total. The summed E-state index contributed by atoms with van der Waals surface area (Å²) in [5.41, 5.74) is 2.23. The van der Waals surface area contributed by atoms with Crippen molar-refractivity contribution in [3.8, 4) is 28.7 Å². The first kappa shape index (κ1) is 24.6. The minimum atomic E-state index is -0.654. The molecule has 0 atom stereocenters. The summed E-state index contributed by atoms with van der Waals surface area (Å²) >= 11 is 0. The number of carbonyl (C=O) groups excluding carboxylic acids is 2. The maximum Gasteiger partial charge on any atom is 0.233 e. The third-order valence-corrected chi connectivity index (χ3v) is 5.55. The highest BCUT2D eigenvalue weighted by Crippen LogP contribution is 2.33. The standard InChI is InChI=1S/C27H28O7/c1-30-20-11-7-17(8-12-20)6-9-18-14-24(33-4)25(34-5)16-21(18)27(29)26(28)19-10-13-22(31-2)23(15-19)32-3/h7-8,10-16H,6,9H2,1-5H3. The maximum atomic E-state index is 13.3. The Morgan fingerprint density at radius 1 is 0.588 bits per heavy atom. The van der Waals surface area contributed by atoms with Gasteiger partial charge in [0, 0.05) is 11.1 Å². The minimum Gasteiger partial charge on any atom is -0.497 e. The Balaban J connectivity index is 1.95. The van der Waals surface area contributed by atoms with E-state index < -0.39 is 11.6 Å². The van der Waals surface area contributed by atoms with Crippen LogP contribution in [-0.4, -0.2) is 47.1 Å². The predicted octanol–water partition coefficient (Wildman–Crippen LogP) is 4.58. The second-order valence-corrected chi connectivity index (χ2v) is 7.44. The van der Waals surface area contributed by atoms with E-state index in [1.807, 2.05) is 24.3 Å². The van der Waals surface area contributed by atoms with E-state index in [-0.39, 0.29) is 11.1 Å². The molecule has 0 radical (unpaired) electrons. The highest BCUT2D eigenvalue weighted by atomic mass is 16.5. The molecule has 7 heteroatoms. The van der Waals surface area contributed by atoms with Crippen molar-refractivity contribution in [3.05, 3.63) is 76.9 Å². The molecule has 0 amide bonds. The second kappa shape index (κ2) is 11.2. The molecule has 0 aromatic heterocycles. The van der Waals surface area contributed by atoms with Crippen LogP contribution >= 0.6 is 0 Å². The van der Waals surface area contributed by atoms with Gasteiger partial charge >= 0.3 is 0 Å². The van der Waals surface area contributed by atoms with Crippen LogP contribution in [0.3, 0.4) is 0 Å². The lowest BCUT2D eigenvalue weighted by molar-refractivity contribution is 0.0816. The summed E-state index contributed by atoms with van der Waals surface area (Å²) in [6, 6.07) is 15.6. The Hall–Kier alpha value is -4.00. The zero-order valence-corrected chi connectivity index (χ0v) is 20.0. The van der Waals surface area contributed by atoms with Gasteiger partial charge in [-0.3, -0.25) is 9.59 Å². The molecule has 0 unspecified atom stereocenters. The number of benzene rings is 3. The number of Topliss-reactive ketones (excluding diaryl/α,β-unsaturated/α-hetero) is 2. The third-order valence-electron chi connectivity index (χ3n) is 5.55. The van der Waals surface area contributed by atoms with Crippen LogP contribution in [0.25, 0.3) is 0 Å². The Bertz CT molecular complexity index is 1170. The highest BCUT2D eigenvalue weighted by Gasteiger charge is 2.24. The fraction of sp³-hybridized carbons (Fsp3) is 0.259. The summed E-state index contributed by atoms with van der Waals surface area (Å²) in [6.07, 6.45) is 1.18. The largest absolute Gasteiger partial charge is 0.497 e. The molecule has 3 aromatic carbocycles. The van der Waals surface area contributed by atoms with Gasteiger partial charge in [0.15, 0.2) is 23.0 Å². The fourth-order valence-electron chi connectivity index (χ4n) is 3.64. The van der Waals surface area contributed by atoms with Crippen molar-refractivity contribution < 1.29 is 33.3 Å². The number of hydrogen-bond acceptors (Lipinski definition) is 7. The first-order valence-corrected chi connectivity index (χ1v) is 10.6. The van der Waals surface area contributed by atoms with Crippen LogP contribution in [0.2, 0.25) is 0 Å². The number of rotatable bonds is 11. The van der Waals surface area contributed by atoms with Crippen molar-refractivity contribution in [1.29, 1.82) is 0 Å². The van der Waals surface area contributed by atoms with E-state index in [1.165, 1.54) is 34.5 Å². The van der Waals surface area contributed by atoms with Crippen molar-refractivity contribution in [1.82, 2.24) is 0 Å². The van der Waals surface area contributed by atoms with E-state index in [0.717, 1.165) is 11.3 Å². The zero-order valence-electron chi connectivity index (χ0n) is 20.0. The average Bonchev–Trinajstić information content (AvgIpc) is 2.90. The van der Waals surface area contributed by atoms with E-state index in [9.17, 15) is 9.59 Å². The summed E-state index contributed by atoms with van der Waals surface area (Å²) in [6.45, 7) is 0. The molecule has 0 aliphatic rings. The van der Waals surface area contributed by atoms with Crippen molar-refractivity contribution in [2.45, 2.75) is 12.8 Å². The summed E-state index contributed by atoms with van der Waals surface area (Å²) in [7, 11) is 7.61. The van der Waals surface area contributed by atoms with Gasteiger partial charge in [0.25, 0.3) is 0 Å². The van der Waals surface area contributed by atoms with Crippen molar-refractivity contribution in [2.75, 3.05) is 35.5 Å². The Morgan fingerprint density at radius 3 is 1.76 bits per heavy atom.